The maximum atomic E-state index is 13.6. The lowest BCUT2D eigenvalue weighted by Crippen LogP contribution is -2.13. The van der Waals surface area contributed by atoms with E-state index >= 15 is 0 Å². The molecule has 0 heterocycles. The van der Waals surface area contributed by atoms with Gasteiger partial charge in [0.2, 0.25) is 5.91 Å². The number of methoxy groups -OCH3 is 2. The van der Waals surface area contributed by atoms with E-state index in [4.69, 9.17) is 4.74 Å². The predicted octanol–water partition coefficient (Wildman–Crippen LogP) is 3.19. The highest BCUT2D eigenvalue weighted by Crippen LogP contribution is 2.19. The molecule has 6 heteroatoms. The van der Waals surface area contributed by atoms with Crippen LogP contribution in [0.1, 0.15) is 22.3 Å². The molecule has 0 fully saturated rings. The number of carbonyl (C=O) groups excluding carboxylic acids is 2. The van der Waals surface area contributed by atoms with Gasteiger partial charge in [-0.1, -0.05) is 12.1 Å². The van der Waals surface area contributed by atoms with Gasteiger partial charge in [-0.3, -0.25) is 4.79 Å². The van der Waals surface area contributed by atoms with Crippen molar-refractivity contribution in [1.29, 1.82) is 0 Å². The highest BCUT2D eigenvalue weighted by Gasteiger charge is 2.09. The van der Waals surface area contributed by atoms with Crippen molar-refractivity contribution >= 4 is 17.6 Å². The van der Waals surface area contributed by atoms with Crippen LogP contribution in [0, 0.1) is 5.82 Å². The molecular weight excluding hydrogens is 313 g/mol. The van der Waals surface area contributed by atoms with Crippen LogP contribution in [0.5, 0.6) is 5.75 Å². The number of hydrogen-bond donors (Lipinski definition) is 1. The SMILES string of the molecule is COC(=O)c1cccc(NC(=O)CCc2ccc(OC)c(F)c2)c1. The molecule has 0 radical (unpaired) electrons. The van der Waals surface area contributed by atoms with E-state index in [9.17, 15) is 14.0 Å². The Bertz CT molecular complexity index is 746. The molecule has 0 bridgehead atoms. The number of benzene rings is 2. The molecule has 0 spiro atoms. The van der Waals surface area contributed by atoms with Crippen molar-refractivity contribution in [1.82, 2.24) is 0 Å². The second kappa shape index (κ2) is 8.10. The summed E-state index contributed by atoms with van der Waals surface area (Å²) in [5, 5.41) is 2.70. The lowest BCUT2D eigenvalue weighted by molar-refractivity contribution is -0.116. The lowest BCUT2D eigenvalue weighted by atomic mass is 10.1. The van der Waals surface area contributed by atoms with Gasteiger partial charge in [0.1, 0.15) is 0 Å². The van der Waals surface area contributed by atoms with Crippen molar-refractivity contribution in [2.45, 2.75) is 12.8 Å². The summed E-state index contributed by atoms with van der Waals surface area (Å²) in [4.78, 5) is 23.5. The average Bonchev–Trinajstić information content (AvgIpc) is 2.59. The summed E-state index contributed by atoms with van der Waals surface area (Å²) in [6.45, 7) is 0. The van der Waals surface area contributed by atoms with Crippen LogP contribution in [0.25, 0.3) is 0 Å². The van der Waals surface area contributed by atoms with E-state index in [-0.39, 0.29) is 18.1 Å². The van der Waals surface area contributed by atoms with E-state index in [1.165, 1.54) is 32.4 Å². The fraction of sp³-hybridized carbons (Fsp3) is 0.222. The molecule has 0 atom stereocenters. The molecule has 0 aromatic heterocycles. The molecule has 5 nitrogen and oxygen atoms in total. The Morgan fingerprint density at radius 3 is 2.58 bits per heavy atom. The highest BCUT2D eigenvalue weighted by atomic mass is 19.1. The number of aryl methyl sites for hydroxylation is 1. The molecule has 0 unspecified atom stereocenters. The molecular formula is C18H18FNO4. The fourth-order valence-corrected chi connectivity index (χ4v) is 2.19. The van der Waals surface area contributed by atoms with Crippen LogP contribution in [-0.2, 0) is 16.0 Å². The number of nitrogens with one attached hydrogen (secondary N) is 1. The monoisotopic (exact) mass is 331 g/mol. The Morgan fingerprint density at radius 1 is 1.12 bits per heavy atom. The molecule has 2 aromatic rings. The van der Waals surface area contributed by atoms with Gasteiger partial charge in [-0.25, -0.2) is 9.18 Å². The number of ether oxygens (including phenoxy) is 2. The van der Waals surface area contributed by atoms with Crippen molar-refractivity contribution in [2.24, 2.45) is 0 Å². The van der Waals surface area contributed by atoms with Gasteiger partial charge in [-0.05, 0) is 42.3 Å². The zero-order valence-electron chi connectivity index (χ0n) is 13.5. The van der Waals surface area contributed by atoms with Gasteiger partial charge < -0.3 is 14.8 Å². The normalized spacial score (nSPS) is 10.1. The summed E-state index contributed by atoms with van der Waals surface area (Å²) in [5.74, 6) is -0.989. The van der Waals surface area contributed by atoms with Gasteiger partial charge in [0, 0.05) is 12.1 Å². The Hall–Kier alpha value is -2.89. The maximum absolute atomic E-state index is 13.6. The van der Waals surface area contributed by atoms with Crippen molar-refractivity contribution in [3.8, 4) is 5.75 Å². The van der Waals surface area contributed by atoms with Crippen LogP contribution in [0.3, 0.4) is 0 Å². The van der Waals surface area contributed by atoms with Crippen LogP contribution in [0.15, 0.2) is 42.5 Å². The minimum atomic E-state index is -0.472. The third-order valence-corrected chi connectivity index (χ3v) is 3.42. The van der Waals surface area contributed by atoms with E-state index < -0.39 is 11.8 Å². The Morgan fingerprint density at radius 2 is 1.92 bits per heavy atom. The van der Waals surface area contributed by atoms with Gasteiger partial charge in [-0.2, -0.15) is 0 Å². The number of rotatable bonds is 6. The van der Waals surface area contributed by atoms with Crippen LogP contribution in [0.4, 0.5) is 10.1 Å². The van der Waals surface area contributed by atoms with E-state index in [1.54, 1.807) is 24.3 Å². The Labute approximate surface area is 139 Å². The first-order valence-electron chi connectivity index (χ1n) is 7.34. The van der Waals surface area contributed by atoms with Crippen molar-refractivity contribution in [2.75, 3.05) is 19.5 Å². The smallest absolute Gasteiger partial charge is 0.337 e. The first kappa shape index (κ1) is 17.5. The zero-order valence-corrected chi connectivity index (χ0v) is 13.5. The van der Waals surface area contributed by atoms with E-state index in [0.717, 1.165) is 0 Å². The maximum Gasteiger partial charge on any atom is 0.337 e. The lowest BCUT2D eigenvalue weighted by Gasteiger charge is -2.08. The first-order valence-corrected chi connectivity index (χ1v) is 7.34. The number of amides is 1. The number of esters is 1. The van der Waals surface area contributed by atoms with Crippen LogP contribution in [-0.4, -0.2) is 26.1 Å². The number of hydrogen-bond acceptors (Lipinski definition) is 4. The highest BCUT2D eigenvalue weighted by molar-refractivity contribution is 5.94. The summed E-state index contributed by atoms with van der Waals surface area (Å²) in [5.41, 5.74) is 1.56. The molecule has 0 saturated heterocycles. The summed E-state index contributed by atoms with van der Waals surface area (Å²) in [6.07, 6.45) is 0.581. The molecule has 24 heavy (non-hydrogen) atoms. The van der Waals surface area contributed by atoms with Crippen molar-refractivity contribution in [3.05, 3.63) is 59.4 Å². The Balaban J connectivity index is 1.94. The minimum Gasteiger partial charge on any atom is -0.494 e. The minimum absolute atomic E-state index is 0.169. The summed E-state index contributed by atoms with van der Waals surface area (Å²) >= 11 is 0. The van der Waals surface area contributed by atoms with Gasteiger partial charge >= 0.3 is 5.97 Å². The molecule has 2 rings (SSSR count). The van der Waals surface area contributed by atoms with Gasteiger partial charge in [-0.15, -0.1) is 0 Å². The van der Waals surface area contributed by atoms with Crippen LogP contribution >= 0.6 is 0 Å². The molecule has 1 amide bonds. The number of halogens is 1. The standard InChI is InChI=1S/C18H18FNO4/c1-23-16-8-6-12(10-15(16)19)7-9-17(21)20-14-5-3-4-13(11-14)18(22)24-2/h3-6,8,10-11H,7,9H2,1-2H3,(H,20,21). The van der Waals surface area contributed by atoms with Crippen molar-refractivity contribution < 1.29 is 23.5 Å². The summed E-state index contributed by atoms with van der Waals surface area (Å²) < 4.78 is 23.1. The second-order valence-corrected chi connectivity index (χ2v) is 5.09. The van der Waals surface area contributed by atoms with Crippen LogP contribution in [0.2, 0.25) is 0 Å². The quantitative estimate of drug-likeness (QED) is 0.826. The van der Waals surface area contributed by atoms with Gasteiger partial charge in [0.05, 0.1) is 19.8 Å². The average molecular weight is 331 g/mol. The zero-order chi connectivity index (χ0) is 17.5. The topological polar surface area (TPSA) is 64.6 Å². The molecule has 1 N–H and O–H groups in total. The largest absolute Gasteiger partial charge is 0.494 e. The Kier molecular flexibility index (Phi) is 5.89. The van der Waals surface area contributed by atoms with Gasteiger partial charge in [0.15, 0.2) is 11.6 Å². The van der Waals surface area contributed by atoms with Gasteiger partial charge in [0.25, 0.3) is 0 Å². The summed E-state index contributed by atoms with van der Waals surface area (Å²) in [7, 11) is 2.69. The molecule has 0 aliphatic heterocycles. The van der Waals surface area contributed by atoms with Crippen LogP contribution < -0.4 is 10.1 Å². The first-order chi connectivity index (χ1) is 11.5. The molecule has 0 aliphatic carbocycles. The van der Waals surface area contributed by atoms with E-state index in [2.05, 4.69) is 10.1 Å². The predicted molar refractivity (Wildman–Crippen MR) is 87.7 cm³/mol. The number of carbonyl (C=O) groups is 2. The molecule has 2 aromatic carbocycles. The molecule has 0 saturated carbocycles. The molecule has 126 valence electrons. The summed E-state index contributed by atoms with van der Waals surface area (Å²) in [6, 6.07) is 11.1. The molecule has 0 aliphatic rings. The van der Waals surface area contributed by atoms with E-state index in [0.29, 0.717) is 23.2 Å². The van der Waals surface area contributed by atoms with Crippen molar-refractivity contribution in [3.63, 3.8) is 0 Å². The third-order valence-electron chi connectivity index (χ3n) is 3.42. The van der Waals surface area contributed by atoms with E-state index in [1.807, 2.05) is 0 Å². The number of anilines is 1. The fourth-order valence-electron chi connectivity index (χ4n) is 2.19. The third kappa shape index (κ3) is 4.55. The second-order valence-electron chi connectivity index (χ2n) is 5.09.